The number of hydrogen-bond acceptors (Lipinski definition) is 5. The Hall–Kier alpha value is -2.81. The minimum absolute atomic E-state index is 0.281. The summed E-state index contributed by atoms with van der Waals surface area (Å²) in [6.07, 6.45) is 5.77. The highest BCUT2D eigenvalue weighted by Gasteiger charge is 2.26. The van der Waals surface area contributed by atoms with Gasteiger partial charge in [-0.15, -0.1) is 0 Å². The largest absolute Gasteiger partial charge is 0.495 e. The number of benzene rings is 1. The van der Waals surface area contributed by atoms with E-state index in [0.29, 0.717) is 22.6 Å². The number of rotatable bonds is 4. The number of nitriles is 1. The minimum Gasteiger partial charge on any atom is -0.495 e. The highest BCUT2D eigenvalue weighted by Crippen LogP contribution is 2.35. The molecule has 1 saturated carbocycles. The standard InChI is InChI=1S/C17H17N3O3/c1-22-15-8-11(9-18)6-7-14(15)19-17(21)13-10-23-20-16(13)12-4-2-3-5-12/h6-8,10,12H,2-5H2,1H3,(H,19,21). The van der Waals surface area contributed by atoms with Gasteiger partial charge in [-0.3, -0.25) is 4.79 Å². The summed E-state index contributed by atoms with van der Waals surface area (Å²) in [5.41, 5.74) is 2.17. The zero-order chi connectivity index (χ0) is 16.2. The van der Waals surface area contributed by atoms with Gasteiger partial charge in [-0.05, 0) is 25.0 Å². The second-order valence-corrected chi connectivity index (χ2v) is 5.58. The third-order valence-corrected chi connectivity index (χ3v) is 4.16. The number of anilines is 1. The Morgan fingerprint density at radius 2 is 2.22 bits per heavy atom. The average molecular weight is 311 g/mol. The van der Waals surface area contributed by atoms with Crippen LogP contribution in [0.25, 0.3) is 0 Å². The van der Waals surface area contributed by atoms with Crippen molar-refractivity contribution in [2.75, 3.05) is 12.4 Å². The Labute approximate surface area is 134 Å². The summed E-state index contributed by atoms with van der Waals surface area (Å²) in [6.45, 7) is 0. The van der Waals surface area contributed by atoms with E-state index in [1.165, 1.54) is 13.4 Å². The summed E-state index contributed by atoms with van der Waals surface area (Å²) >= 11 is 0. The molecular formula is C17H17N3O3. The van der Waals surface area contributed by atoms with Crippen LogP contribution in [0.4, 0.5) is 5.69 Å². The summed E-state index contributed by atoms with van der Waals surface area (Å²) < 4.78 is 10.3. The summed E-state index contributed by atoms with van der Waals surface area (Å²) in [6, 6.07) is 6.90. The number of carbonyl (C=O) groups excluding carboxylic acids is 1. The van der Waals surface area contributed by atoms with Crippen LogP contribution in [0.5, 0.6) is 5.75 Å². The molecule has 0 saturated heterocycles. The predicted molar refractivity (Wildman–Crippen MR) is 83.4 cm³/mol. The van der Waals surface area contributed by atoms with Gasteiger partial charge in [0.25, 0.3) is 5.91 Å². The smallest absolute Gasteiger partial charge is 0.261 e. The molecule has 0 aliphatic heterocycles. The minimum atomic E-state index is -0.281. The molecule has 0 radical (unpaired) electrons. The maximum atomic E-state index is 12.5. The first kappa shape index (κ1) is 15.1. The molecule has 1 aliphatic carbocycles. The first-order chi connectivity index (χ1) is 11.2. The van der Waals surface area contributed by atoms with Crippen LogP contribution in [0, 0.1) is 11.3 Å². The second-order valence-electron chi connectivity index (χ2n) is 5.58. The maximum absolute atomic E-state index is 12.5. The van der Waals surface area contributed by atoms with Gasteiger partial charge in [0.15, 0.2) is 0 Å². The number of hydrogen-bond donors (Lipinski definition) is 1. The Bertz CT molecular complexity index is 755. The molecule has 1 aliphatic rings. The summed E-state index contributed by atoms with van der Waals surface area (Å²) in [7, 11) is 1.50. The van der Waals surface area contributed by atoms with Crippen molar-refractivity contribution in [1.82, 2.24) is 5.16 Å². The van der Waals surface area contributed by atoms with E-state index in [0.717, 1.165) is 31.4 Å². The lowest BCUT2D eigenvalue weighted by atomic mass is 10.00. The van der Waals surface area contributed by atoms with Crippen LogP contribution in [0.1, 0.15) is 53.2 Å². The van der Waals surface area contributed by atoms with Gasteiger partial charge in [-0.2, -0.15) is 5.26 Å². The summed E-state index contributed by atoms with van der Waals surface area (Å²) in [5, 5.41) is 15.8. The molecule has 1 N–H and O–H groups in total. The quantitative estimate of drug-likeness (QED) is 0.934. The van der Waals surface area contributed by atoms with Gasteiger partial charge < -0.3 is 14.6 Å². The molecule has 6 nitrogen and oxygen atoms in total. The Kier molecular flexibility index (Phi) is 4.29. The number of nitrogens with one attached hydrogen (secondary N) is 1. The lowest BCUT2D eigenvalue weighted by Gasteiger charge is -2.11. The number of amides is 1. The lowest BCUT2D eigenvalue weighted by molar-refractivity contribution is 0.102. The number of carbonyl (C=O) groups is 1. The first-order valence-electron chi connectivity index (χ1n) is 7.56. The number of methoxy groups -OCH3 is 1. The molecular weight excluding hydrogens is 294 g/mol. The van der Waals surface area contributed by atoms with Crippen LogP contribution < -0.4 is 10.1 Å². The number of nitrogens with zero attached hydrogens (tertiary/aromatic N) is 2. The van der Waals surface area contributed by atoms with E-state index in [9.17, 15) is 4.79 Å². The normalized spacial score (nSPS) is 14.4. The Morgan fingerprint density at radius 3 is 2.91 bits per heavy atom. The molecule has 1 aromatic heterocycles. The van der Waals surface area contributed by atoms with E-state index in [1.54, 1.807) is 18.2 Å². The van der Waals surface area contributed by atoms with Crippen LogP contribution in [-0.2, 0) is 0 Å². The highest BCUT2D eigenvalue weighted by atomic mass is 16.5. The summed E-state index contributed by atoms with van der Waals surface area (Å²) in [4.78, 5) is 12.5. The zero-order valence-corrected chi connectivity index (χ0v) is 12.8. The van der Waals surface area contributed by atoms with Crippen molar-refractivity contribution in [1.29, 1.82) is 5.26 Å². The van der Waals surface area contributed by atoms with Gasteiger partial charge in [0.05, 0.1) is 30.1 Å². The van der Waals surface area contributed by atoms with E-state index in [4.69, 9.17) is 14.5 Å². The summed E-state index contributed by atoms with van der Waals surface area (Å²) in [5.74, 6) is 0.449. The highest BCUT2D eigenvalue weighted by molar-refractivity contribution is 6.05. The predicted octanol–water partition coefficient (Wildman–Crippen LogP) is 3.46. The van der Waals surface area contributed by atoms with Gasteiger partial charge >= 0.3 is 0 Å². The molecule has 23 heavy (non-hydrogen) atoms. The van der Waals surface area contributed by atoms with E-state index >= 15 is 0 Å². The van der Waals surface area contributed by atoms with Crippen molar-refractivity contribution in [2.45, 2.75) is 31.6 Å². The van der Waals surface area contributed by atoms with E-state index in [-0.39, 0.29) is 11.8 Å². The van der Waals surface area contributed by atoms with Gasteiger partial charge in [0.2, 0.25) is 0 Å². The number of ether oxygens (including phenoxy) is 1. The van der Waals surface area contributed by atoms with E-state index < -0.39 is 0 Å². The molecule has 1 aromatic carbocycles. The van der Waals surface area contributed by atoms with Crippen LogP contribution in [0.2, 0.25) is 0 Å². The molecule has 0 bridgehead atoms. The molecule has 0 spiro atoms. The topological polar surface area (TPSA) is 88.1 Å². The maximum Gasteiger partial charge on any atom is 0.261 e. The van der Waals surface area contributed by atoms with Crippen LogP contribution in [0.15, 0.2) is 29.0 Å². The molecule has 3 rings (SSSR count). The van der Waals surface area contributed by atoms with Gasteiger partial charge in [-0.1, -0.05) is 18.0 Å². The zero-order valence-electron chi connectivity index (χ0n) is 12.8. The molecule has 1 amide bonds. The van der Waals surface area contributed by atoms with E-state index in [2.05, 4.69) is 10.5 Å². The van der Waals surface area contributed by atoms with Gasteiger partial charge in [0, 0.05) is 12.0 Å². The third kappa shape index (κ3) is 3.04. The first-order valence-corrected chi connectivity index (χ1v) is 7.56. The van der Waals surface area contributed by atoms with Gasteiger partial charge in [0.1, 0.15) is 17.6 Å². The molecule has 1 fully saturated rings. The molecule has 0 unspecified atom stereocenters. The third-order valence-electron chi connectivity index (χ3n) is 4.16. The van der Waals surface area contributed by atoms with Crippen LogP contribution in [-0.4, -0.2) is 18.2 Å². The molecule has 0 atom stereocenters. The molecule has 2 aromatic rings. The molecule has 1 heterocycles. The monoisotopic (exact) mass is 311 g/mol. The second kappa shape index (κ2) is 6.53. The van der Waals surface area contributed by atoms with Crippen molar-refractivity contribution >= 4 is 11.6 Å². The van der Waals surface area contributed by atoms with Gasteiger partial charge in [-0.25, -0.2) is 0 Å². The van der Waals surface area contributed by atoms with Crippen molar-refractivity contribution in [3.8, 4) is 11.8 Å². The SMILES string of the molecule is COc1cc(C#N)ccc1NC(=O)c1conc1C1CCCC1. The van der Waals surface area contributed by atoms with Crippen molar-refractivity contribution in [3.63, 3.8) is 0 Å². The lowest BCUT2D eigenvalue weighted by Crippen LogP contribution is -2.15. The van der Waals surface area contributed by atoms with Crippen molar-refractivity contribution < 1.29 is 14.1 Å². The van der Waals surface area contributed by atoms with Crippen LogP contribution in [0.3, 0.4) is 0 Å². The Morgan fingerprint density at radius 1 is 1.43 bits per heavy atom. The van der Waals surface area contributed by atoms with Crippen LogP contribution >= 0.6 is 0 Å². The fraction of sp³-hybridized carbons (Fsp3) is 0.353. The molecule has 6 heteroatoms. The van der Waals surface area contributed by atoms with E-state index in [1.807, 2.05) is 6.07 Å². The van der Waals surface area contributed by atoms with Crippen molar-refractivity contribution in [2.24, 2.45) is 0 Å². The van der Waals surface area contributed by atoms with Crippen molar-refractivity contribution in [3.05, 3.63) is 41.3 Å². The number of aromatic nitrogens is 1. The fourth-order valence-electron chi connectivity index (χ4n) is 2.96. The average Bonchev–Trinajstić information content (AvgIpc) is 3.25. The molecule has 118 valence electrons. The fourth-order valence-corrected chi connectivity index (χ4v) is 2.96. The Balaban J connectivity index is 1.83.